The molecule has 0 bridgehead atoms. The van der Waals surface area contributed by atoms with E-state index in [0.29, 0.717) is 11.9 Å². The summed E-state index contributed by atoms with van der Waals surface area (Å²) in [6.07, 6.45) is 5.91. The Morgan fingerprint density at radius 1 is 1.07 bits per heavy atom. The molecule has 1 aliphatic heterocycles. The fraction of sp³-hybridized carbons (Fsp3) is 0.600. The predicted octanol–water partition coefficient (Wildman–Crippen LogP) is 5.56. The van der Waals surface area contributed by atoms with Crippen LogP contribution in [-0.4, -0.2) is 29.3 Å². The number of rotatable bonds is 11. The van der Waals surface area contributed by atoms with E-state index in [1.54, 1.807) is 0 Å². The van der Waals surface area contributed by atoms with Crippen molar-refractivity contribution in [1.82, 2.24) is 4.90 Å². The van der Waals surface area contributed by atoms with Crippen LogP contribution in [0.25, 0.3) is 0 Å². The molecule has 2 heterocycles. The third-order valence-electron chi connectivity index (χ3n) is 5.97. The number of furan rings is 1. The quantitative estimate of drug-likeness (QED) is 0.537. The molecule has 0 amide bonds. The molecule has 0 saturated carbocycles. The van der Waals surface area contributed by atoms with Crippen LogP contribution in [0.4, 0.5) is 0 Å². The SMILES string of the molecule is CCCC(O)(CCC)c1ccc(CN(Cc2ccccc2C)C[C@H]2CCCO2)o1. The molecule has 1 aromatic carbocycles. The van der Waals surface area contributed by atoms with E-state index in [1.807, 2.05) is 12.1 Å². The molecule has 1 aromatic heterocycles. The van der Waals surface area contributed by atoms with E-state index in [9.17, 15) is 5.11 Å². The molecule has 4 nitrogen and oxygen atoms in total. The average molecular weight is 400 g/mol. The maximum atomic E-state index is 11.1. The average Bonchev–Trinajstić information content (AvgIpc) is 3.36. The van der Waals surface area contributed by atoms with Crippen LogP contribution in [0.15, 0.2) is 40.8 Å². The smallest absolute Gasteiger partial charge is 0.135 e. The van der Waals surface area contributed by atoms with E-state index < -0.39 is 5.60 Å². The molecule has 3 rings (SSSR count). The van der Waals surface area contributed by atoms with Crippen molar-refractivity contribution in [2.45, 2.75) is 84.1 Å². The van der Waals surface area contributed by atoms with E-state index >= 15 is 0 Å². The van der Waals surface area contributed by atoms with Gasteiger partial charge in [0.15, 0.2) is 0 Å². The van der Waals surface area contributed by atoms with Crippen molar-refractivity contribution in [3.05, 3.63) is 59.0 Å². The highest BCUT2D eigenvalue weighted by atomic mass is 16.5. The third-order valence-corrected chi connectivity index (χ3v) is 5.97. The maximum absolute atomic E-state index is 11.1. The molecule has 2 aromatic rings. The van der Waals surface area contributed by atoms with Crippen LogP contribution in [0, 0.1) is 6.92 Å². The molecule has 0 aliphatic carbocycles. The van der Waals surface area contributed by atoms with Crippen LogP contribution in [0.5, 0.6) is 0 Å². The van der Waals surface area contributed by atoms with Crippen molar-refractivity contribution in [2.75, 3.05) is 13.2 Å². The van der Waals surface area contributed by atoms with Crippen LogP contribution in [0.1, 0.15) is 75.0 Å². The van der Waals surface area contributed by atoms with Gasteiger partial charge in [-0.3, -0.25) is 4.90 Å². The number of aryl methyl sites for hydroxylation is 1. The normalized spacial score (nSPS) is 17.3. The topological polar surface area (TPSA) is 45.8 Å². The van der Waals surface area contributed by atoms with Gasteiger partial charge in [0, 0.05) is 19.7 Å². The highest BCUT2D eigenvalue weighted by Gasteiger charge is 2.31. The summed E-state index contributed by atoms with van der Waals surface area (Å²) in [6, 6.07) is 12.6. The number of nitrogens with zero attached hydrogens (tertiary/aromatic N) is 1. The molecule has 29 heavy (non-hydrogen) atoms. The summed E-state index contributed by atoms with van der Waals surface area (Å²) in [4.78, 5) is 2.42. The summed E-state index contributed by atoms with van der Waals surface area (Å²) in [5.41, 5.74) is 1.80. The van der Waals surface area contributed by atoms with E-state index in [0.717, 1.165) is 70.5 Å². The molecular weight excluding hydrogens is 362 g/mol. The number of aliphatic hydroxyl groups is 1. The Bertz CT molecular complexity index is 742. The Hall–Kier alpha value is -1.62. The minimum absolute atomic E-state index is 0.297. The van der Waals surface area contributed by atoms with Crippen molar-refractivity contribution in [3.8, 4) is 0 Å². The zero-order valence-corrected chi connectivity index (χ0v) is 18.3. The van der Waals surface area contributed by atoms with Crippen molar-refractivity contribution >= 4 is 0 Å². The van der Waals surface area contributed by atoms with Gasteiger partial charge in [-0.25, -0.2) is 0 Å². The molecule has 0 spiro atoms. The first kappa shape index (κ1) is 22.1. The molecule has 1 atom stereocenters. The number of benzene rings is 1. The standard InChI is InChI=1S/C25H37NO3/c1-4-14-25(27,15-5-2)24-13-12-23(29-24)19-26(18-22-11-8-16-28-22)17-21-10-7-6-9-20(21)3/h6-7,9-10,12-13,22,27H,4-5,8,11,14-19H2,1-3H3/t22-/m1/s1. The Balaban J connectivity index is 1.74. The molecule has 1 saturated heterocycles. The second kappa shape index (κ2) is 10.4. The second-order valence-electron chi connectivity index (χ2n) is 8.53. The molecule has 0 unspecified atom stereocenters. The first-order chi connectivity index (χ1) is 14.0. The van der Waals surface area contributed by atoms with Gasteiger partial charge >= 0.3 is 0 Å². The van der Waals surface area contributed by atoms with Gasteiger partial charge in [-0.2, -0.15) is 0 Å². The summed E-state index contributed by atoms with van der Waals surface area (Å²) in [6.45, 7) is 9.75. The lowest BCUT2D eigenvalue weighted by molar-refractivity contribution is -0.00564. The summed E-state index contributed by atoms with van der Waals surface area (Å²) < 4.78 is 12.1. The van der Waals surface area contributed by atoms with Gasteiger partial charge in [0.05, 0.1) is 12.6 Å². The van der Waals surface area contributed by atoms with Gasteiger partial charge < -0.3 is 14.3 Å². The van der Waals surface area contributed by atoms with Crippen LogP contribution in [-0.2, 0) is 23.4 Å². The zero-order valence-electron chi connectivity index (χ0n) is 18.3. The summed E-state index contributed by atoms with van der Waals surface area (Å²) >= 11 is 0. The van der Waals surface area contributed by atoms with E-state index in [1.165, 1.54) is 11.1 Å². The van der Waals surface area contributed by atoms with Gasteiger partial charge in [0.25, 0.3) is 0 Å². The van der Waals surface area contributed by atoms with Gasteiger partial charge in [-0.15, -0.1) is 0 Å². The van der Waals surface area contributed by atoms with Crippen molar-refractivity contribution in [1.29, 1.82) is 0 Å². The van der Waals surface area contributed by atoms with Gasteiger partial charge in [0.2, 0.25) is 0 Å². The minimum atomic E-state index is -0.850. The van der Waals surface area contributed by atoms with Gasteiger partial charge in [0.1, 0.15) is 17.1 Å². The monoisotopic (exact) mass is 399 g/mol. The van der Waals surface area contributed by atoms with E-state index in [4.69, 9.17) is 9.15 Å². The number of ether oxygens (including phenoxy) is 1. The van der Waals surface area contributed by atoms with Crippen LogP contribution < -0.4 is 0 Å². The Morgan fingerprint density at radius 2 is 1.83 bits per heavy atom. The lowest BCUT2D eigenvalue weighted by atomic mass is 9.90. The van der Waals surface area contributed by atoms with E-state index in [-0.39, 0.29) is 0 Å². The lowest BCUT2D eigenvalue weighted by Gasteiger charge is -2.26. The molecule has 160 valence electrons. The minimum Gasteiger partial charge on any atom is -0.462 e. The van der Waals surface area contributed by atoms with Gasteiger partial charge in [-0.1, -0.05) is 51.0 Å². The molecule has 0 radical (unpaired) electrons. The Labute approximate surface area is 175 Å². The Kier molecular flexibility index (Phi) is 7.93. The predicted molar refractivity (Wildman–Crippen MR) is 117 cm³/mol. The Morgan fingerprint density at radius 3 is 2.48 bits per heavy atom. The molecular formula is C25H37NO3. The van der Waals surface area contributed by atoms with Crippen LogP contribution in [0.3, 0.4) is 0 Å². The highest BCUT2D eigenvalue weighted by molar-refractivity contribution is 5.25. The van der Waals surface area contributed by atoms with Gasteiger partial charge in [-0.05, 0) is 55.9 Å². The fourth-order valence-corrected chi connectivity index (χ4v) is 4.42. The molecule has 1 fully saturated rings. The third kappa shape index (κ3) is 5.94. The molecule has 1 aliphatic rings. The van der Waals surface area contributed by atoms with Crippen molar-refractivity contribution in [3.63, 3.8) is 0 Å². The van der Waals surface area contributed by atoms with Crippen molar-refractivity contribution in [2.24, 2.45) is 0 Å². The summed E-state index contributed by atoms with van der Waals surface area (Å²) in [5, 5.41) is 11.1. The first-order valence-electron chi connectivity index (χ1n) is 11.2. The second-order valence-corrected chi connectivity index (χ2v) is 8.53. The zero-order chi connectivity index (χ0) is 20.7. The highest BCUT2D eigenvalue weighted by Crippen LogP contribution is 2.33. The van der Waals surface area contributed by atoms with Crippen molar-refractivity contribution < 1.29 is 14.3 Å². The first-order valence-corrected chi connectivity index (χ1v) is 11.2. The molecule has 4 heteroatoms. The largest absolute Gasteiger partial charge is 0.462 e. The number of hydrogen-bond donors (Lipinski definition) is 1. The maximum Gasteiger partial charge on any atom is 0.135 e. The number of hydrogen-bond acceptors (Lipinski definition) is 4. The fourth-order valence-electron chi connectivity index (χ4n) is 4.42. The van der Waals surface area contributed by atoms with Crippen LogP contribution >= 0.6 is 0 Å². The lowest BCUT2D eigenvalue weighted by Crippen LogP contribution is -2.31. The summed E-state index contributed by atoms with van der Waals surface area (Å²) in [5.74, 6) is 1.63. The van der Waals surface area contributed by atoms with Crippen LogP contribution in [0.2, 0.25) is 0 Å². The summed E-state index contributed by atoms with van der Waals surface area (Å²) in [7, 11) is 0. The molecule has 1 N–H and O–H groups in total. The van der Waals surface area contributed by atoms with E-state index in [2.05, 4.69) is 49.9 Å².